The lowest BCUT2D eigenvalue weighted by atomic mass is 9.96. The fourth-order valence-electron chi connectivity index (χ4n) is 2.53. The smallest absolute Gasteiger partial charge is 0.346 e. The van der Waals surface area contributed by atoms with Crippen molar-refractivity contribution in [2.24, 2.45) is 5.92 Å². The minimum Gasteiger partial charge on any atom is -0.395 e. The Labute approximate surface area is 111 Å². The van der Waals surface area contributed by atoms with Crippen molar-refractivity contribution in [2.45, 2.75) is 44.9 Å². The molecule has 1 amide bonds. The molecule has 2 rings (SSSR count). The van der Waals surface area contributed by atoms with E-state index in [1.54, 1.807) is 0 Å². The number of anilines is 2. The van der Waals surface area contributed by atoms with E-state index in [0.717, 1.165) is 12.8 Å². The maximum absolute atomic E-state index is 11.9. The number of amides is 1. The quantitative estimate of drug-likeness (QED) is 0.722. The summed E-state index contributed by atoms with van der Waals surface area (Å²) >= 11 is 0. The molecule has 0 aromatic carbocycles. The molecule has 104 valence electrons. The Morgan fingerprint density at radius 3 is 2.74 bits per heavy atom. The van der Waals surface area contributed by atoms with Crippen LogP contribution in [0, 0.1) is 5.92 Å². The molecule has 19 heavy (non-hydrogen) atoms. The molecule has 1 fully saturated rings. The average molecular weight is 264 g/mol. The molecular weight excluding hydrogens is 244 g/mol. The maximum Gasteiger partial charge on any atom is 0.346 e. The number of nitrogens with zero attached hydrogens (tertiary/aromatic N) is 1. The van der Waals surface area contributed by atoms with E-state index < -0.39 is 5.69 Å². The number of hydrogen-bond donors (Lipinski definition) is 3. The first-order valence-corrected chi connectivity index (χ1v) is 6.80. The molecule has 6 heteroatoms. The number of nitrogens with two attached hydrogens (primary N) is 1. The lowest BCUT2D eigenvalue weighted by molar-refractivity contribution is -0.117. The molecule has 1 heterocycles. The third-order valence-electron chi connectivity index (χ3n) is 3.55. The number of H-pyrrole nitrogens is 1. The lowest BCUT2D eigenvalue weighted by Crippen LogP contribution is -2.21. The molecule has 0 spiro atoms. The monoisotopic (exact) mass is 264 g/mol. The van der Waals surface area contributed by atoms with Gasteiger partial charge in [0.1, 0.15) is 5.82 Å². The van der Waals surface area contributed by atoms with Gasteiger partial charge in [-0.25, -0.2) is 4.79 Å². The van der Waals surface area contributed by atoms with Gasteiger partial charge in [-0.05, 0) is 18.8 Å². The number of carbonyl (C=O) groups is 1. The van der Waals surface area contributed by atoms with Crippen molar-refractivity contribution in [2.75, 3.05) is 11.1 Å². The first-order chi connectivity index (χ1) is 9.15. The fraction of sp³-hybridized carbons (Fsp3) is 0.615. The summed E-state index contributed by atoms with van der Waals surface area (Å²) in [6.07, 6.45) is 8.89. The summed E-state index contributed by atoms with van der Waals surface area (Å²) in [4.78, 5) is 29.0. The van der Waals surface area contributed by atoms with Crippen LogP contribution in [-0.2, 0) is 4.79 Å². The summed E-state index contributed by atoms with van der Waals surface area (Å²) in [6, 6.07) is 0. The normalized spacial score (nSPS) is 16.8. The maximum atomic E-state index is 11.9. The van der Waals surface area contributed by atoms with Gasteiger partial charge in [0.25, 0.3) is 0 Å². The van der Waals surface area contributed by atoms with Gasteiger partial charge >= 0.3 is 5.69 Å². The molecule has 0 radical (unpaired) electrons. The number of rotatable bonds is 3. The van der Waals surface area contributed by atoms with Crippen LogP contribution >= 0.6 is 0 Å². The second-order valence-corrected chi connectivity index (χ2v) is 5.13. The number of nitrogen functional groups attached to an aromatic ring is 1. The molecule has 1 saturated carbocycles. The van der Waals surface area contributed by atoms with Crippen molar-refractivity contribution in [3.05, 3.63) is 16.7 Å². The van der Waals surface area contributed by atoms with Crippen LogP contribution in [0.5, 0.6) is 0 Å². The first kappa shape index (κ1) is 13.6. The molecule has 1 aromatic rings. The average Bonchev–Trinajstić information content (AvgIpc) is 2.62. The zero-order chi connectivity index (χ0) is 13.7. The molecule has 1 aromatic heterocycles. The number of nitrogens with one attached hydrogen (secondary N) is 2. The van der Waals surface area contributed by atoms with Crippen LogP contribution < -0.4 is 16.7 Å². The SMILES string of the molecule is Nc1cnc(=O)[nH]c1NC(=O)CC1CCCCCC1. The number of aromatic amines is 1. The van der Waals surface area contributed by atoms with Crippen LogP contribution in [0.2, 0.25) is 0 Å². The Kier molecular flexibility index (Phi) is 4.54. The summed E-state index contributed by atoms with van der Waals surface area (Å²) in [6.45, 7) is 0. The standard InChI is InChI=1S/C13H20N4O2/c14-10-8-15-13(19)17-12(10)16-11(18)7-9-5-3-1-2-4-6-9/h8-9H,1-7,14H2,(H2,15,16,17,18,19). The molecule has 0 bridgehead atoms. The van der Waals surface area contributed by atoms with E-state index in [1.165, 1.54) is 31.9 Å². The highest BCUT2D eigenvalue weighted by molar-refractivity contribution is 5.92. The Morgan fingerprint density at radius 2 is 2.05 bits per heavy atom. The van der Waals surface area contributed by atoms with Crippen molar-refractivity contribution in [3.8, 4) is 0 Å². The van der Waals surface area contributed by atoms with Gasteiger partial charge in [-0.3, -0.25) is 9.78 Å². The Balaban J connectivity index is 1.93. The summed E-state index contributed by atoms with van der Waals surface area (Å²) in [7, 11) is 0. The summed E-state index contributed by atoms with van der Waals surface area (Å²) < 4.78 is 0. The van der Waals surface area contributed by atoms with Crippen molar-refractivity contribution in [1.82, 2.24) is 9.97 Å². The van der Waals surface area contributed by atoms with E-state index in [4.69, 9.17) is 5.73 Å². The third kappa shape index (κ3) is 4.08. The number of hydrogen-bond acceptors (Lipinski definition) is 4. The lowest BCUT2D eigenvalue weighted by Gasteiger charge is -2.13. The van der Waals surface area contributed by atoms with Crippen LogP contribution in [0.4, 0.5) is 11.5 Å². The van der Waals surface area contributed by atoms with E-state index in [0.29, 0.717) is 12.3 Å². The van der Waals surface area contributed by atoms with E-state index in [1.807, 2.05) is 0 Å². The van der Waals surface area contributed by atoms with Crippen LogP contribution in [-0.4, -0.2) is 15.9 Å². The minimum atomic E-state index is -0.515. The predicted octanol–water partition coefficient (Wildman–Crippen LogP) is 1.65. The topological polar surface area (TPSA) is 101 Å². The highest BCUT2D eigenvalue weighted by Crippen LogP contribution is 2.25. The van der Waals surface area contributed by atoms with E-state index in [2.05, 4.69) is 15.3 Å². The largest absolute Gasteiger partial charge is 0.395 e. The zero-order valence-corrected chi connectivity index (χ0v) is 10.9. The van der Waals surface area contributed by atoms with E-state index in [9.17, 15) is 9.59 Å². The molecule has 0 unspecified atom stereocenters. The Morgan fingerprint density at radius 1 is 1.37 bits per heavy atom. The van der Waals surface area contributed by atoms with Crippen molar-refractivity contribution < 1.29 is 4.79 Å². The van der Waals surface area contributed by atoms with Crippen molar-refractivity contribution >= 4 is 17.4 Å². The molecule has 4 N–H and O–H groups in total. The van der Waals surface area contributed by atoms with Gasteiger partial charge in [0, 0.05) is 6.42 Å². The van der Waals surface area contributed by atoms with Gasteiger partial charge < -0.3 is 11.1 Å². The molecule has 0 aliphatic heterocycles. The third-order valence-corrected chi connectivity index (χ3v) is 3.55. The van der Waals surface area contributed by atoms with Crippen LogP contribution in [0.15, 0.2) is 11.0 Å². The van der Waals surface area contributed by atoms with Crippen molar-refractivity contribution in [3.63, 3.8) is 0 Å². The highest BCUT2D eigenvalue weighted by atomic mass is 16.2. The fourth-order valence-corrected chi connectivity index (χ4v) is 2.53. The van der Waals surface area contributed by atoms with E-state index >= 15 is 0 Å². The molecular formula is C13H20N4O2. The summed E-state index contributed by atoms with van der Waals surface area (Å²) in [5.74, 6) is 0.594. The van der Waals surface area contributed by atoms with Crippen molar-refractivity contribution in [1.29, 1.82) is 0 Å². The van der Waals surface area contributed by atoms with Crippen LogP contribution in [0.25, 0.3) is 0 Å². The minimum absolute atomic E-state index is 0.0968. The predicted molar refractivity (Wildman–Crippen MR) is 73.7 cm³/mol. The summed E-state index contributed by atoms with van der Waals surface area (Å²) in [5.41, 5.74) is 5.41. The van der Waals surface area contributed by atoms with Crippen LogP contribution in [0.3, 0.4) is 0 Å². The summed E-state index contributed by atoms with van der Waals surface area (Å²) in [5, 5.41) is 2.66. The Bertz CT molecular complexity index is 490. The zero-order valence-electron chi connectivity index (χ0n) is 10.9. The molecule has 0 atom stereocenters. The van der Waals surface area contributed by atoms with E-state index in [-0.39, 0.29) is 17.4 Å². The van der Waals surface area contributed by atoms with Gasteiger partial charge in [0.15, 0.2) is 0 Å². The second-order valence-electron chi connectivity index (χ2n) is 5.13. The second kappa shape index (κ2) is 6.36. The van der Waals surface area contributed by atoms with Gasteiger partial charge in [0.2, 0.25) is 5.91 Å². The molecule has 1 aliphatic rings. The van der Waals surface area contributed by atoms with Gasteiger partial charge in [-0.15, -0.1) is 0 Å². The first-order valence-electron chi connectivity index (χ1n) is 6.80. The number of aromatic nitrogens is 2. The molecule has 6 nitrogen and oxygen atoms in total. The van der Waals surface area contributed by atoms with Gasteiger partial charge in [-0.2, -0.15) is 4.98 Å². The molecule has 0 saturated heterocycles. The van der Waals surface area contributed by atoms with Gasteiger partial charge in [-0.1, -0.05) is 25.7 Å². The number of carbonyl (C=O) groups excluding carboxylic acids is 1. The van der Waals surface area contributed by atoms with Gasteiger partial charge in [0.05, 0.1) is 11.9 Å². The highest BCUT2D eigenvalue weighted by Gasteiger charge is 2.16. The van der Waals surface area contributed by atoms with Crippen LogP contribution in [0.1, 0.15) is 44.9 Å². The molecule has 1 aliphatic carbocycles. The Hall–Kier alpha value is -1.85.